The van der Waals surface area contributed by atoms with Crippen molar-refractivity contribution in [2.45, 2.75) is 51.2 Å². The standard InChI is InChI=1S/C15H28N2O2S/c1-14(2)12-11(7-6-9-19-12)15(14,16)13(18)17-8-4-5-10-20-3/h11-12H,4-10,16H2,1-3H3,(H,17,18). The van der Waals surface area contributed by atoms with E-state index in [0.29, 0.717) is 0 Å². The molecule has 0 aromatic carbocycles. The third kappa shape index (κ3) is 2.48. The van der Waals surface area contributed by atoms with Crippen molar-refractivity contribution >= 4 is 17.7 Å². The minimum atomic E-state index is -0.766. The lowest BCUT2D eigenvalue weighted by atomic mass is 9.46. The first-order valence-corrected chi connectivity index (χ1v) is 9.03. The summed E-state index contributed by atoms with van der Waals surface area (Å²) < 4.78 is 5.83. The lowest BCUT2D eigenvalue weighted by Crippen LogP contribution is -2.82. The van der Waals surface area contributed by atoms with Gasteiger partial charge in [-0.05, 0) is 37.7 Å². The number of nitrogens with one attached hydrogen (secondary N) is 1. The Morgan fingerprint density at radius 3 is 2.90 bits per heavy atom. The Balaban J connectivity index is 1.90. The normalized spacial score (nSPS) is 35.0. The zero-order valence-corrected chi connectivity index (χ0v) is 13.7. The second-order valence-electron chi connectivity index (χ2n) is 6.59. The Kier molecular flexibility index (Phi) is 5.03. The van der Waals surface area contributed by atoms with Crippen molar-refractivity contribution in [1.29, 1.82) is 0 Å². The SMILES string of the molecule is CSCCCCNC(=O)C1(N)C2CCCOC2C1(C)C. The number of carbonyl (C=O) groups is 1. The maximum absolute atomic E-state index is 12.6. The van der Waals surface area contributed by atoms with Crippen LogP contribution in [0, 0.1) is 11.3 Å². The predicted octanol–water partition coefficient (Wildman–Crippen LogP) is 1.78. The molecule has 4 nitrogen and oxygen atoms in total. The number of hydrogen-bond donors (Lipinski definition) is 2. The molecule has 3 atom stereocenters. The van der Waals surface area contributed by atoms with Crippen molar-refractivity contribution in [2.24, 2.45) is 17.1 Å². The van der Waals surface area contributed by atoms with Crippen LogP contribution in [0.1, 0.15) is 39.5 Å². The van der Waals surface area contributed by atoms with Gasteiger partial charge in [0.15, 0.2) is 0 Å². The summed E-state index contributed by atoms with van der Waals surface area (Å²) in [5.74, 6) is 1.34. The zero-order chi connectivity index (χ0) is 14.8. The highest BCUT2D eigenvalue weighted by molar-refractivity contribution is 7.98. The number of carbonyl (C=O) groups excluding carboxylic acids is 1. The van der Waals surface area contributed by atoms with E-state index in [0.717, 1.165) is 44.6 Å². The van der Waals surface area contributed by atoms with Gasteiger partial charge in [-0.2, -0.15) is 11.8 Å². The van der Waals surface area contributed by atoms with Gasteiger partial charge in [0.05, 0.1) is 6.10 Å². The van der Waals surface area contributed by atoms with Crippen LogP contribution >= 0.6 is 11.8 Å². The molecule has 3 N–H and O–H groups in total. The molecule has 1 aliphatic carbocycles. The Morgan fingerprint density at radius 1 is 1.45 bits per heavy atom. The highest BCUT2D eigenvalue weighted by atomic mass is 32.2. The van der Waals surface area contributed by atoms with Crippen molar-refractivity contribution < 1.29 is 9.53 Å². The van der Waals surface area contributed by atoms with E-state index in [1.807, 2.05) is 11.8 Å². The molecule has 0 aromatic rings. The molecule has 1 heterocycles. The third-order valence-electron chi connectivity index (χ3n) is 5.12. The van der Waals surface area contributed by atoms with Gasteiger partial charge in [-0.25, -0.2) is 0 Å². The highest BCUT2D eigenvalue weighted by Crippen LogP contribution is 2.57. The topological polar surface area (TPSA) is 64.4 Å². The maximum Gasteiger partial charge on any atom is 0.241 e. The van der Waals surface area contributed by atoms with Gasteiger partial charge >= 0.3 is 0 Å². The summed E-state index contributed by atoms with van der Waals surface area (Å²) in [6, 6.07) is 0. The molecular weight excluding hydrogens is 272 g/mol. The molecule has 2 aliphatic rings. The molecule has 5 heteroatoms. The molecule has 116 valence electrons. The summed E-state index contributed by atoms with van der Waals surface area (Å²) in [7, 11) is 0. The molecule has 0 bridgehead atoms. The van der Waals surface area contributed by atoms with E-state index in [2.05, 4.69) is 25.4 Å². The Labute approximate surface area is 126 Å². The van der Waals surface area contributed by atoms with Crippen LogP contribution in [0.25, 0.3) is 0 Å². The van der Waals surface area contributed by atoms with Gasteiger partial charge in [0.2, 0.25) is 5.91 Å². The van der Waals surface area contributed by atoms with Crippen LogP contribution < -0.4 is 11.1 Å². The number of nitrogens with two attached hydrogens (primary N) is 1. The van der Waals surface area contributed by atoms with E-state index in [4.69, 9.17) is 10.5 Å². The quantitative estimate of drug-likeness (QED) is 0.734. The van der Waals surface area contributed by atoms with E-state index < -0.39 is 5.54 Å². The fourth-order valence-corrected chi connectivity index (χ4v) is 4.25. The lowest BCUT2D eigenvalue weighted by molar-refractivity contribution is -0.225. The third-order valence-corrected chi connectivity index (χ3v) is 5.82. The number of amides is 1. The van der Waals surface area contributed by atoms with E-state index in [9.17, 15) is 4.79 Å². The highest BCUT2D eigenvalue weighted by Gasteiger charge is 2.70. The first-order valence-electron chi connectivity index (χ1n) is 7.64. The number of fused-ring (bicyclic) bond motifs is 1. The minimum absolute atomic E-state index is 0.0124. The van der Waals surface area contributed by atoms with E-state index >= 15 is 0 Å². The van der Waals surface area contributed by atoms with Crippen LogP contribution in [0.5, 0.6) is 0 Å². The molecule has 1 amide bonds. The van der Waals surface area contributed by atoms with Gasteiger partial charge in [-0.1, -0.05) is 13.8 Å². The maximum atomic E-state index is 12.6. The van der Waals surface area contributed by atoms with Crippen LogP contribution in [0.4, 0.5) is 0 Å². The number of ether oxygens (including phenoxy) is 1. The van der Waals surface area contributed by atoms with E-state index in [-0.39, 0.29) is 23.3 Å². The monoisotopic (exact) mass is 300 g/mol. The first-order chi connectivity index (χ1) is 9.46. The zero-order valence-electron chi connectivity index (χ0n) is 12.9. The fourth-order valence-electron chi connectivity index (χ4n) is 3.76. The molecule has 0 spiro atoms. The predicted molar refractivity (Wildman–Crippen MR) is 83.8 cm³/mol. The number of rotatable bonds is 6. The van der Waals surface area contributed by atoms with E-state index in [1.165, 1.54) is 0 Å². The summed E-state index contributed by atoms with van der Waals surface area (Å²) in [6.45, 7) is 5.66. The molecule has 2 fully saturated rings. The van der Waals surface area contributed by atoms with Crippen LogP contribution in [0.15, 0.2) is 0 Å². The van der Waals surface area contributed by atoms with Crippen LogP contribution in [0.2, 0.25) is 0 Å². The van der Waals surface area contributed by atoms with Gasteiger partial charge < -0.3 is 15.8 Å². The van der Waals surface area contributed by atoms with Gasteiger partial charge in [-0.3, -0.25) is 4.79 Å². The van der Waals surface area contributed by atoms with Crippen molar-refractivity contribution in [2.75, 3.05) is 25.2 Å². The smallest absolute Gasteiger partial charge is 0.241 e. The molecule has 1 saturated heterocycles. The molecular formula is C15H28N2O2S. The number of thioether (sulfide) groups is 1. The first kappa shape index (κ1) is 16.1. The number of unbranched alkanes of at least 4 members (excludes halogenated alkanes) is 1. The van der Waals surface area contributed by atoms with Gasteiger partial charge in [0.25, 0.3) is 0 Å². The number of hydrogen-bond acceptors (Lipinski definition) is 4. The molecule has 0 aromatic heterocycles. The van der Waals surface area contributed by atoms with E-state index in [1.54, 1.807) is 0 Å². The average Bonchev–Trinajstić information content (AvgIpc) is 2.45. The summed E-state index contributed by atoms with van der Waals surface area (Å²) in [5, 5.41) is 3.04. The summed E-state index contributed by atoms with van der Waals surface area (Å²) in [4.78, 5) is 12.6. The summed E-state index contributed by atoms with van der Waals surface area (Å²) >= 11 is 1.84. The molecule has 1 aliphatic heterocycles. The molecule has 1 saturated carbocycles. The summed E-state index contributed by atoms with van der Waals surface area (Å²) in [6.07, 6.45) is 6.42. The lowest BCUT2D eigenvalue weighted by Gasteiger charge is -2.65. The second kappa shape index (κ2) is 6.24. The second-order valence-corrected chi connectivity index (χ2v) is 7.57. The van der Waals surface area contributed by atoms with Gasteiger partial charge in [0, 0.05) is 24.5 Å². The van der Waals surface area contributed by atoms with Gasteiger partial charge in [-0.15, -0.1) is 0 Å². The fraction of sp³-hybridized carbons (Fsp3) is 0.933. The average molecular weight is 300 g/mol. The van der Waals surface area contributed by atoms with Crippen molar-refractivity contribution in [1.82, 2.24) is 5.32 Å². The van der Waals surface area contributed by atoms with Crippen molar-refractivity contribution in [3.63, 3.8) is 0 Å². The Hall–Kier alpha value is -0.260. The Morgan fingerprint density at radius 2 is 2.20 bits per heavy atom. The molecule has 3 unspecified atom stereocenters. The van der Waals surface area contributed by atoms with Crippen LogP contribution in [-0.2, 0) is 9.53 Å². The molecule has 2 rings (SSSR count). The largest absolute Gasteiger partial charge is 0.377 e. The molecule has 20 heavy (non-hydrogen) atoms. The van der Waals surface area contributed by atoms with Gasteiger partial charge in [0.1, 0.15) is 5.54 Å². The van der Waals surface area contributed by atoms with Crippen molar-refractivity contribution in [3.05, 3.63) is 0 Å². The van der Waals surface area contributed by atoms with Crippen LogP contribution in [-0.4, -0.2) is 42.7 Å². The Bertz CT molecular complexity index is 362. The minimum Gasteiger partial charge on any atom is -0.377 e. The summed E-state index contributed by atoms with van der Waals surface area (Å²) in [5.41, 5.74) is 5.48. The molecule has 0 radical (unpaired) electrons. The van der Waals surface area contributed by atoms with Crippen LogP contribution in [0.3, 0.4) is 0 Å². The van der Waals surface area contributed by atoms with Crippen molar-refractivity contribution in [3.8, 4) is 0 Å².